The second kappa shape index (κ2) is 9.35. The second-order valence-electron chi connectivity index (χ2n) is 6.32. The molecule has 0 saturated carbocycles. The number of benzene rings is 1. The fourth-order valence-electron chi connectivity index (χ4n) is 3.10. The van der Waals surface area contributed by atoms with Crippen molar-refractivity contribution in [2.24, 2.45) is 0 Å². The largest absolute Gasteiger partial charge is 0.496 e. The zero-order valence-electron chi connectivity index (χ0n) is 15.1. The van der Waals surface area contributed by atoms with Gasteiger partial charge < -0.3 is 14.6 Å². The van der Waals surface area contributed by atoms with Crippen molar-refractivity contribution in [1.29, 1.82) is 0 Å². The smallest absolute Gasteiger partial charge is 0.317 e. The van der Waals surface area contributed by atoms with Crippen LogP contribution in [0.25, 0.3) is 0 Å². The van der Waals surface area contributed by atoms with Crippen LogP contribution in [-0.2, 0) is 4.79 Å². The lowest BCUT2D eigenvalue weighted by atomic mass is 10.0. The Balaban J connectivity index is 1.79. The summed E-state index contributed by atoms with van der Waals surface area (Å²) in [5, 5.41) is 20.0. The monoisotopic (exact) mass is 367 g/mol. The predicted octanol–water partition coefficient (Wildman–Crippen LogP) is 1.46. The summed E-state index contributed by atoms with van der Waals surface area (Å²) < 4.78 is 10.6. The Bertz CT molecular complexity index is 631. The molecule has 1 aromatic carbocycles. The quantitative estimate of drug-likeness (QED) is 0.517. The van der Waals surface area contributed by atoms with Crippen LogP contribution in [0.4, 0.5) is 5.69 Å². The summed E-state index contributed by atoms with van der Waals surface area (Å²) in [6, 6.07) is 4.79. The summed E-state index contributed by atoms with van der Waals surface area (Å²) >= 11 is 0. The molecule has 0 amide bonds. The first-order valence-corrected chi connectivity index (χ1v) is 8.50. The number of methoxy groups -OCH3 is 1. The first kappa shape index (κ1) is 19.9. The van der Waals surface area contributed by atoms with Crippen molar-refractivity contribution in [3.63, 3.8) is 0 Å². The van der Waals surface area contributed by atoms with Crippen LogP contribution in [0.3, 0.4) is 0 Å². The standard InChI is InChI=1S/C17H25N3O6/c1-18(12-17(21)22)13-5-7-19(8-6-13)9-10-26-16-4-3-14(25-2)11-15(16)20(23)24/h3-4,11,13H,5-10,12H2,1-2H3,(H,21,22). The molecule has 1 saturated heterocycles. The van der Waals surface area contributed by atoms with E-state index in [1.807, 2.05) is 11.9 Å². The molecule has 144 valence electrons. The molecule has 0 radical (unpaired) electrons. The molecule has 1 aliphatic heterocycles. The van der Waals surface area contributed by atoms with Crippen molar-refractivity contribution < 1.29 is 24.3 Å². The summed E-state index contributed by atoms with van der Waals surface area (Å²) in [4.78, 5) is 25.5. The zero-order chi connectivity index (χ0) is 19.1. The van der Waals surface area contributed by atoms with Crippen LogP contribution < -0.4 is 9.47 Å². The van der Waals surface area contributed by atoms with Crippen molar-refractivity contribution >= 4 is 11.7 Å². The molecular formula is C17H25N3O6. The van der Waals surface area contributed by atoms with Crippen LogP contribution in [0.5, 0.6) is 11.5 Å². The number of rotatable bonds is 9. The van der Waals surface area contributed by atoms with E-state index in [-0.39, 0.29) is 24.0 Å². The van der Waals surface area contributed by atoms with Crippen LogP contribution in [0.2, 0.25) is 0 Å². The number of carboxylic acid groups (broad SMARTS) is 1. The summed E-state index contributed by atoms with van der Waals surface area (Å²) in [6.45, 7) is 2.77. The van der Waals surface area contributed by atoms with Gasteiger partial charge in [-0.2, -0.15) is 0 Å². The lowest BCUT2D eigenvalue weighted by molar-refractivity contribution is -0.385. The number of hydrogen-bond acceptors (Lipinski definition) is 7. The van der Waals surface area contributed by atoms with Crippen LogP contribution in [0.1, 0.15) is 12.8 Å². The molecule has 0 atom stereocenters. The molecule has 1 heterocycles. The van der Waals surface area contributed by atoms with E-state index in [9.17, 15) is 14.9 Å². The Kier molecular flexibility index (Phi) is 7.16. The molecule has 0 aromatic heterocycles. The number of carboxylic acids is 1. The predicted molar refractivity (Wildman–Crippen MR) is 94.9 cm³/mol. The number of nitro benzene ring substituents is 1. The highest BCUT2D eigenvalue weighted by Crippen LogP contribution is 2.31. The molecule has 9 heteroatoms. The minimum absolute atomic E-state index is 0.0505. The van der Waals surface area contributed by atoms with Gasteiger partial charge in [-0.3, -0.25) is 24.7 Å². The van der Waals surface area contributed by atoms with E-state index >= 15 is 0 Å². The lowest BCUT2D eigenvalue weighted by Crippen LogP contribution is -2.45. The molecule has 0 bridgehead atoms. The van der Waals surface area contributed by atoms with Gasteiger partial charge in [-0.15, -0.1) is 0 Å². The molecule has 1 aliphatic rings. The first-order chi connectivity index (χ1) is 12.4. The number of nitro groups is 1. The van der Waals surface area contributed by atoms with Crippen LogP contribution in [0.15, 0.2) is 18.2 Å². The molecule has 0 spiro atoms. The minimum Gasteiger partial charge on any atom is -0.496 e. The molecule has 1 fully saturated rings. The van der Waals surface area contributed by atoms with Crippen molar-refractivity contribution in [2.45, 2.75) is 18.9 Å². The molecule has 2 rings (SSSR count). The van der Waals surface area contributed by atoms with Crippen LogP contribution in [-0.4, -0.2) is 78.8 Å². The van der Waals surface area contributed by atoms with Gasteiger partial charge >= 0.3 is 11.7 Å². The maximum atomic E-state index is 11.1. The molecule has 0 aliphatic carbocycles. The van der Waals surface area contributed by atoms with Gasteiger partial charge in [0.25, 0.3) is 0 Å². The number of likely N-dealkylation sites (tertiary alicyclic amines) is 1. The van der Waals surface area contributed by atoms with Crippen LogP contribution in [0, 0.1) is 10.1 Å². The fourth-order valence-corrected chi connectivity index (χ4v) is 3.10. The number of nitrogens with zero attached hydrogens (tertiary/aromatic N) is 3. The first-order valence-electron chi connectivity index (χ1n) is 8.50. The van der Waals surface area contributed by atoms with E-state index in [4.69, 9.17) is 14.6 Å². The van der Waals surface area contributed by atoms with Gasteiger partial charge in [-0.1, -0.05) is 0 Å². The number of hydrogen-bond donors (Lipinski definition) is 1. The maximum absolute atomic E-state index is 11.1. The summed E-state index contributed by atoms with van der Waals surface area (Å²) in [5.41, 5.74) is -0.113. The molecule has 0 unspecified atom stereocenters. The molecule has 9 nitrogen and oxygen atoms in total. The highest BCUT2D eigenvalue weighted by Gasteiger charge is 2.23. The number of piperidine rings is 1. The number of likely N-dealkylation sites (N-methyl/N-ethyl adjacent to an activating group) is 1. The van der Waals surface area contributed by atoms with E-state index in [0.29, 0.717) is 18.9 Å². The van der Waals surface area contributed by atoms with Gasteiger partial charge in [0, 0.05) is 12.6 Å². The highest BCUT2D eigenvalue weighted by atomic mass is 16.6. The normalized spacial score (nSPS) is 15.8. The Morgan fingerprint density at radius 3 is 2.69 bits per heavy atom. The van der Waals surface area contributed by atoms with Crippen molar-refractivity contribution in [2.75, 3.05) is 46.9 Å². The fraction of sp³-hybridized carbons (Fsp3) is 0.588. The van der Waals surface area contributed by atoms with Gasteiger partial charge in [0.05, 0.1) is 24.6 Å². The Labute approximate surface area is 152 Å². The summed E-state index contributed by atoms with van der Waals surface area (Å²) in [6.07, 6.45) is 1.79. The molecule has 1 N–H and O–H groups in total. The van der Waals surface area contributed by atoms with Gasteiger partial charge in [0.1, 0.15) is 12.4 Å². The Morgan fingerprint density at radius 2 is 2.12 bits per heavy atom. The highest BCUT2D eigenvalue weighted by molar-refractivity contribution is 5.69. The lowest BCUT2D eigenvalue weighted by Gasteiger charge is -2.36. The third kappa shape index (κ3) is 5.57. The van der Waals surface area contributed by atoms with E-state index < -0.39 is 10.9 Å². The average molecular weight is 367 g/mol. The number of carbonyl (C=O) groups is 1. The van der Waals surface area contributed by atoms with Crippen molar-refractivity contribution in [3.8, 4) is 11.5 Å². The van der Waals surface area contributed by atoms with Gasteiger partial charge in [-0.25, -0.2) is 0 Å². The number of aliphatic carboxylic acids is 1. The number of ether oxygens (including phenoxy) is 2. The van der Waals surface area contributed by atoms with E-state index in [1.54, 1.807) is 12.1 Å². The third-order valence-corrected chi connectivity index (χ3v) is 4.59. The van der Waals surface area contributed by atoms with E-state index in [2.05, 4.69) is 4.90 Å². The van der Waals surface area contributed by atoms with Gasteiger partial charge in [0.2, 0.25) is 0 Å². The van der Waals surface area contributed by atoms with Crippen molar-refractivity contribution in [1.82, 2.24) is 9.80 Å². The summed E-state index contributed by atoms with van der Waals surface area (Å²) in [7, 11) is 3.29. The third-order valence-electron chi connectivity index (χ3n) is 4.59. The molecular weight excluding hydrogens is 342 g/mol. The molecule has 1 aromatic rings. The minimum atomic E-state index is -0.815. The van der Waals surface area contributed by atoms with Gasteiger partial charge in [-0.05, 0) is 45.1 Å². The van der Waals surface area contributed by atoms with E-state index in [1.165, 1.54) is 13.2 Å². The van der Waals surface area contributed by atoms with E-state index in [0.717, 1.165) is 25.9 Å². The Morgan fingerprint density at radius 1 is 1.42 bits per heavy atom. The van der Waals surface area contributed by atoms with Gasteiger partial charge in [0.15, 0.2) is 5.75 Å². The second-order valence-corrected chi connectivity index (χ2v) is 6.32. The summed E-state index contributed by atoms with van der Waals surface area (Å²) in [5.74, 6) is -0.173. The SMILES string of the molecule is COc1ccc(OCCN2CCC(N(C)CC(=O)O)CC2)c([N+](=O)[O-])c1. The zero-order valence-corrected chi connectivity index (χ0v) is 15.1. The molecule has 26 heavy (non-hydrogen) atoms. The van der Waals surface area contributed by atoms with Crippen molar-refractivity contribution in [3.05, 3.63) is 28.3 Å². The topological polar surface area (TPSA) is 105 Å². The van der Waals surface area contributed by atoms with Crippen LogP contribution >= 0.6 is 0 Å². The maximum Gasteiger partial charge on any atom is 0.317 e. The Hall–Kier alpha value is -2.39. The average Bonchev–Trinajstić information content (AvgIpc) is 2.61.